The molecule has 12 heavy (non-hydrogen) atoms. The minimum absolute atomic E-state index is 0.435. The van der Waals surface area contributed by atoms with E-state index in [9.17, 15) is 0 Å². The van der Waals surface area contributed by atoms with E-state index in [4.69, 9.17) is 16.0 Å². The Balaban J connectivity index is 2.55. The van der Waals surface area contributed by atoms with Gasteiger partial charge >= 0.3 is 0 Å². The van der Waals surface area contributed by atoms with Gasteiger partial charge in [-0.05, 0) is 6.92 Å². The molecular formula is C7H6ClN3O. The van der Waals surface area contributed by atoms with E-state index in [0.29, 0.717) is 16.6 Å². The SMILES string of the molecule is Cc1[nH]nc(-c2ncco2)c1Cl. The molecule has 5 heteroatoms. The number of rotatable bonds is 1. The van der Waals surface area contributed by atoms with Crippen LogP contribution in [0.15, 0.2) is 16.9 Å². The fourth-order valence-electron chi connectivity index (χ4n) is 0.898. The molecule has 1 N–H and O–H groups in total. The van der Waals surface area contributed by atoms with Gasteiger partial charge in [0.2, 0.25) is 5.89 Å². The second-order valence-corrected chi connectivity index (χ2v) is 2.73. The summed E-state index contributed by atoms with van der Waals surface area (Å²) in [5.41, 5.74) is 1.36. The third-order valence-corrected chi connectivity index (χ3v) is 1.97. The van der Waals surface area contributed by atoms with Crippen molar-refractivity contribution in [1.82, 2.24) is 15.2 Å². The van der Waals surface area contributed by atoms with Crippen molar-refractivity contribution in [2.24, 2.45) is 0 Å². The molecule has 2 aromatic heterocycles. The maximum absolute atomic E-state index is 5.91. The summed E-state index contributed by atoms with van der Waals surface area (Å²) in [6, 6.07) is 0. The van der Waals surface area contributed by atoms with Gasteiger partial charge in [0.15, 0.2) is 5.69 Å². The Morgan fingerprint density at radius 1 is 1.58 bits per heavy atom. The number of aryl methyl sites for hydroxylation is 1. The monoisotopic (exact) mass is 183 g/mol. The van der Waals surface area contributed by atoms with Crippen LogP contribution in [-0.2, 0) is 0 Å². The number of nitrogens with zero attached hydrogens (tertiary/aromatic N) is 2. The van der Waals surface area contributed by atoms with E-state index in [1.54, 1.807) is 6.20 Å². The summed E-state index contributed by atoms with van der Waals surface area (Å²) in [5.74, 6) is 0.435. The second-order valence-electron chi connectivity index (χ2n) is 2.35. The Hall–Kier alpha value is -1.29. The third kappa shape index (κ3) is 1.00. The first-order valence-electron chi connectivity index (χ1n) is 3.39. The number of hydrogen-bond acceptors (Lipinski definition) is 3. The molecule has 62 valence electrons. The zero-order valence-electron chi connectivity index (χ0n) is 6.34. The number of oxazole rings is 1. The lowest BCUT2D eigenvalue weighted by Gasteiger charge is -1.87. The van der Waals surface area contributed by atoms with Crippen molar-refractivity contribution >= 4 is 11.6 Å². The lowest BCUT2D eigenvalue weighted by molar-refractivity contribution is 0.572. The number of H-pyrrole nitrogens is 1. The number of nitrogens with one attached hydrogen (secondary N) is 1. The summed E-state index contributed by atoms with van der Waals surface area (Å²) in [5, 5.41) is 7.24. The number of hydrogen-bond donors (Lipinski definition) is 1. The first-order chi connectivity index (χ1) is 5.79. The largest absolute Gasteiger partial charge is 0.443 e. The molecule has 0 aliphatic heterocycles. The van der Waals surface area contributed by atoms with E-state index in [-0.39, 0.29) is 0 Å². The molecule has 2 rings (SSSR count). The smallest absolute Gasteiger partial charge is 0.248 e. The van der Waals surface area contributed by atoms with E-state index >= 15 is 0 Å². The minimum Gasteiger partial charge on any atom is -0.443 e. The fourth-order valence-corrected chi connectivity index (χ4v) is 1.06. The van der Waals surface area contributed by atoms with E-state index in [2.05, 4.69) is 15.2 Å². The van der Waals surface area contributed by atoms with Crippen molar-refractivity contribution in [1.29, 1.82) is 0 Å². The lowest BCUT2D eigenvalue weighted by Crippen LogP contribution is -1.76. The first-order valence-corrected chi connectivity index (χ1v) is 3.77. The Morgan fingerprint density at radius 3 is 2.92 bits per heavy atom. The van der Waals surface area contributed by atoms with Crippen LogP contribution in [0.4, 0.5) is 0 Å². The molecule has 0 saturated carbocycles. The molecule has 0 aliphatic rings. The molecule has 2 heterocycles. The summed E-state index contributed by atoms with van der Waals surface area (Å²) < 4.78 is 5.04. The van der Waals surface area contributed by atoms with Crippen molar-refractivity contribution < 1.29 is 4.42 Å². The molecule has 2 aromatic rings. The zero-order valence-corrected chi connectivity index (χ0v) is 7.09. The van der Waals surface area contributed by atoms with Crippen LogP contribution in [0.3, 0.4) is 0 Å². The summed E-state index contributed by atoms with van der Waals surface area (Å²) in [4.78, 5) is 3.93. The Morgan fingerprint density at radius 2 is 2.42 bits per heavy atom. The van der Waals surface area contributed by atoms with Crippen LogP contribution < -0.4 is 0 Å². The molecule has 0 aromatic carbocycles. The maximum Gasteiger partial charge on any atom is 0.248 e. The Bertz CT molecular complexity index is 379. The third-order valence-electron chi connectivity index (χ3n) is 1.51. The van der Waals surface area contributed by atoms with Crippen LogP contribution in [0.25, 0.3) is 11.6 Å². The van der Waals surface area contributed by atoms with Gasteiger partial charge in [0.05, 0.1) is 16.9 Å². The van der Waals surface area contributed by atoms with Crippen LogP contribution in [0.2, 0.25) is 5.02 Å². The molecular weight excluding hydrogens is 178 g/mol. The Labute approximate surface area is 73.6 Å². The molecule has 0 atom stereocenters. The summed E-state index contributed by atoms with van der Waals surface area (Å²) >= 11 is 5.91. The van der Waals surface area contributed by atoms with E-state index < -0.39 is 0 Å². The van der Waals surface area contributed by atoms with Gasteiger partial charge in [-0.3, -0.25) is 5.10 Å². The van der Waals surface area contributed by atoms with E-state index in [1.807, 2.05) is 6.92 Å². The van der Waals surface area contributed by atoms with Gasteiger partial charge in [-0.25, -0.2) is 4.98 Å². The molecule has 0 radical (unpaired) electrons. The van der Waals surface area contributed by atoms with Crippen LogP contribution in [0.5, 0.6) is 0 Å². The predicted molar refractivity (Wildman–Crippen MR) is 43.8 cm³/mol. The summed E-state index contributed by atoms with van der Waals surface area (Å²) in [7, 11) is 0. The Kier molecular flexibility index (Phi) is 1.62. The lowest BCUT2D eigenvalue weighted by atomic mass is 10.4. The molecule has 0 amide bonds. The topological polar surface area (TPSA) is 54.7 Å². The van der Waals surface area contributed by atoms with E-state index in [1.165, 1.54) is 6.26 Å². The maximum atomic E-state index is 5.91. The highest BCUT2D eigenvalue weighted by Gasteiger charge is 2.12. The van der Waals surface area contributed by atoms with Crippen LogP contribution in [0, 0.1) is 6.92 Å². The number of aromatic nitrogens is 3. The van der Waals surface area contributed by atoms with Crippen LogP contribution in [0.1, 0.15) is 5.69 Å². The van der Waals surface area contributed by atoms with Crippen molar-refractivity contribution in [2.45, 2.75) is 6.92 Å². The average Bonchev–Trinajstić information content (AvgIpc) is 2.64. The van der Waals surface area contributed by atoms with Gasteiger partial charge < -0.3 is 4.42 Å². The molecule has 4 nitrogen and oxygen atoms in total. The molecule has 0 saturated heterocycles. The highest BCUT2D eigenvalue weighted by molar-refractivity contribution is 6.33. The van der Waals surface area contributed by atoms with Crippen molar-refractivity contribution in [3.05, 3.63) is 23.2 Å². The average molecular weight is 184 g/mol. The van der Waals surface area contributed by atoms with E-state index in [0.717, 1.165) is 5.69 Å². The number of halogens is 1. The van der Waals surface area contributed by atoms with Crippen LogP contribution >= 0.6 is 11.6 Å². The summed E-state index contributed by atoms with van der Waals surface area (Å²) in [6.45, 7) is 1.84. The van der Waals surface area contributed by atoms with Crippen molar-refractivity contribution in [2.75, 3.05) is 0 Å². The van der Waals surface area contributed by atoms with Crippen LogP contribution in [-0.4, -0.2) is 15.2 Å². The quantitative estimate of drug-likeness (QED) is 0.736. The molecule has 0 aliphatic carbocycles. The van der Waals surface area contributed by atoms with Gasteiger partial charge in [-0.1, -0.05) is 11.6 Å². The van der Waals surface area contributed by atoms with Gasteiger partial charge in [0.1, 0.15) is 6.26 Å². The summed E-state index contributed by atoms with van der Waals surface area (Å²) in [6.07, 6.45) is 3.03. The molecule has 0 spiro atoms. The zero-order chi connectivity index (χ0) is 8.55. The predicted octanol–water partition coefficient (Wildman–Crippen LogP) is 2.03. The standard InChI is InChI=1S/C7H6ClN3O/c1-4-5(8)6(11-10-4)7-9-2-3-12-7/h2-3H,1H3,(H,10,11). The van der Waals surface area contributed by atoms with Gasteiger partial charge in [0.25, 0.3) is 0 Å². The second kappa shape index (κ2) is 2.64. The van der Waals surface area contributed by atoms with Gasteiger partial charge in [0, 0.05) is 0 Å². The molecule has 0 bridgehead atoms. The van der Waals surface area contributed by atoms with Gasteiger partial charge in [-0.2, -0.15) is 5.10 Å². The fraction of sp³-hybridized carbons (Fsp3) is 0.143. The van der Waals surface area contributed by atoms with Gasteiger partial charge in [-0.15, -0.1) is 0 Å². The van der Waals surface area contributed by atoms with Crippen molar-refractivity contribution in [3.8, 4) is 11.6 Å². The first kappa shape index (κ1) is 7.36. The highest BCUT2D eigenvalue weighted by atomic mass is 35.5. The molecule has 0 fully saturated rings. The minimum atomic E-state index is 0.435. The number of aromatic amines is 1. The highest BCUT2D eigenvalue weighted by Crippen LogP contribution is 2.25. The normalized spacial score (nSPS) is 10.5. The van der Waals surface area contributed by atoms with Crippen molar-refractivity contribution in [3.63, 3.8) is 0 Å². The molecule has 0 unspecified atom stereocenters.